The summed E-state index contributed by atoms with van der Waals surface area (Å²) in [5.74, 6) is 1.79. The van der Waals surface area contributed by atoms with E-state index in [2.05, 4.69) is 131 Å². The number of rotatable bonds is 18. The highest BCUT2D eigenvalue weighted by Gasteiger charge is 2.32. The molecule has 0 spiro atoms. The SMILES string of the molecule is CC(C)(Sc1cc(C(C)(C)C)c(OCCCCO[N+](=O)[O-])c(C(C)(C)C)c1)Sc1cc(C(C)(C)C)c(OCCCCO[N+](=O)[O-])c(C(C)(C)C)c1. The average Bonchev–Trinajstić information content (AvgIpc) is 2.94. The highest BCUT2D eigenvalue weighted by atomic mass is 32.2. The van der Waals surface area contributed by atoms with E-state index in [4.69, 9.17) is 9.47 Å². The molecule has 0 aliphatic carbocycles. The van der Waals surface area contributed by atoms with Crippen LogP contribution in [0.4, 0.5) is 0 Å². The van der Waals surface area contributed by atoms with Crippen molar-refractivity contribution in [2.75, 3.05) is 26.4 Å². The number of nitrogens with zero attached hydrogens (tertiary/aromatic N) is 2. The van der Waals surface area contributed by atoms with Gasteiger partial charge in [0, 0.05) is 32.0 Å². The van der Waals surface area contributed by atoms with Crippen molar-refractivity contribution in [2.24, 2.45) is 0 Å². The molecule has 12 heteroatoms. The van der Waals surface area contributed by atoms with Crippen LogP contribution in [0.1, 0.15) is 145 Å². The van der Waals surface area contributed by atoms with E-state index in [0.717, 1.165) is 33.8 Å². The van der Waals surface area contributed by atoms with E-state index >= 15 is 0 Å². The van der Waals surface area contributed by atoms with Gasteiger partial charge in [-0.1, -0.05) is 83.1 Å². The molecule has 2 aromatic carbocycles. The number of ether oxygens (including phenoxy) is 2. The lowest BCUT2D eigenvalue weighted by molar-refractivity contribution is -0.757. The minimum absolute atomic E-state index is 0.0603. The quantitative estimate of drug-likeness (QED) is 0.0478. The largest absolute Gasteiger partial charge is 0.493 e. The Bertz CT molecular complexity index is 1300. The van der Waals surface area contributed by atoms with E-state index in [1.54, 1.807) is 0 Å². The van der Waals surface area contributed by atoms with Crippen LogP contribution >= 0.6 is 23.5 Å². The third kappa shape index (κ3) is 14.6. The molecule has 51 heavy (non-hydrogen) atoms. The molecule has 0 saturated heterocycles. The molecule has 0 N–H and O–H groups in total. The Balaban J connectivity index is 2.48. The Morgan fingerprint density at radius 3 is 0.980 bits per heavy atom. The van der Waals surface area contributed by atoms with Crippen LogP contribution in [-0.4, -0.2) is 40.7 Å². The standard InChI is InChI=1S/C39H62N2O8S2/c1-35(2,3)29-23-27(24-30(36(4,5)6)33(29)46-19-15-17-21-48-40(42)43)50-39(13,14)51-28-25-31(37(7,8)9)34(32(26-28)38(10,11)12)47-20-16-18-22-49-41(44)45/h23-26H,15-22H2,1-14H3. The Labute approximate surface area is 314 Å². The fourth-order valence-corrected chi connectivity index (χ4v) is 8.07. The monoisotopic (exact) mass is 750 g/mol. The normalized spacial score (nSPS) is 12.8. The van der Waals surface area contributed by atoms with Crippen molar-refractivity contribution in [3.05, 3.63) is 66.7 Å². The lowest BCUT2D eigenvalue weighted by atomic mass is 9.79. The molecule has 0 saturated carbocycles. The van der Waals surface area contributed by atoms with E-state index in [1.807, 2.05) is 23.5 Å². The summed E-state index contributed by atoms with van der Waals surface area (Å²) in [5.41, 5.74) is 3.81. The van der Waals surface area contributed by atoms with Crippen LogP contribution in [0.2, 0.25) is 0 Å². The Hall–Kier alpha value is -2.86. The average molecular weight is 751 g/mol. The molecular formula is C39H62N2O8S2. The van der Waals surface area contributed by atoms with Gasteiger partial charge in [-0.3, -0.25) is 0 Å². The minimum atomic E-state index is -0.755. The molecule has 0 aliphatic heterocycles. The van der Waals surface area contributed by atoms with Crippen molar-refractivity contribution >= 4 is 23.5 Å². The molecule has 288 valence electrons. The fraction of sp³-hybridized carbons (Fsp3) is 0.692. The van der Waals surface area contributed by atoms with E-state index in [-0.39, 0.29) is 39.0 Å². The number of thioether (sulfide) groups is 2. The zero-order valence-corrected chi connectivity index (χ0v) is 35.1. The van der Waals surface area contributed by atoms with Gasteiger partial charge in [-0.2, -0.15) is 0 Å². The van der Waals surface area contributed by atoms with E-state index in [0.29, 0.717) is 38.9 Å². The first kappa shape index (κ1) is 44.3. The topological polar surface area (TPSA) is 123 Å². The fourth-order valence-electron chi connectivity index (χ4n) is 5.49. The molecule has 0 aromatic heterocycles. The summed E-state index contributed by atoms with van der Waals surface area (Å²) in [7, 11) is 0. The van der Waals surface area contributed by atoms with E-state index in [1.165, 1.54) is 9.79 Å². The first-order valence-corrected chi connectivity index (χ1v) is 19.4. The molecule has 0 bridgehead atoms. The molecule has 0 heterocycles. The molecule has 2 rings (SSSR count). The second-order valence-electron chi connectivity index (χ2n) is 17.5. The third-order valence-corrected chi connectivity index (χ3v) is 10.5. The third-order valence-electron chi connectivity index (χ3n) is 8.05. The minimum Gasteiger partial charge on any atom is -0.493 e. The van der Waals surface area contributed by atoms with Gasteiger partial charge in [-0.25, -0.2) is 0 Å². The first-order valence-electron chi connectivity index (χ1n) is 17.8. The smallest absolute Gasteiger partial charge is 0.294 e. The van der Waals surface area contributed by atoms with Gasteiger partial charge >= 0.3 is 0 Å². The van der Waals surface area contributed by atoms with E-state index < -0.39 is 10.2 Å². The Morgan fingerprint density at radius 1 is 0.490 bits per heavy atom. The Morgan fingerprint density at radius 2 is 0.745 bits per heavy atom. The van der Waals surface area contributed by atoms with Crippen LogP contribution in [0.25, 0.3) is 0 Å². The Kier molecular flexibility index (Phi) is 15.4. The van der Waals surface area contributed by atoms with Crippen molar-refractivity contribution in [3.8, 4) is 11.5 Å². The highest BCUT2D eigenvalue weighted by molar-refractivity contribution is 8.18. The molecule has 2 aromatic rings. The van der Waals surface area contributed by atoms with Crippen molar-refractivity contribution in [1.29, 1.82) is 0 Å². The summed E-state index contributed by atoms with van der Waals surface area (Å²) in [6.45, 7) is 32.0. The van der Waals surface area contributed by atoms with Gasteiger partial charge in [0.1, 0.15) is 11.5 Å². The summed E-state index contributed by atoms with van der Waals surface area (Å²) in [6.07, 6.45) is 2.38. The molecular weight excluding hydrogens is 689 g/mol. The van der Waals surface area contributed by atoms with Crippen LogP contribution in [0.3, 0.4) is 0 Å². The number of hydrogen-bond donors (Lipinski definition) is 0. The van der Waals surface area contributed by atoms with Gasteiger partial charge in [0.2, 0.25) is 0 Å². The van der Waals surface area contributed by atoms with Gasteiger partial charge in [0.15, 0.2) is 0 Å². The zero-order chi connectivity index (χ0) is 39.0. The van der Waals surface area contributed by atoms with Gasteiger partial charge < -0.3 is 19.1 Å². The van der Waals surface area contributed by atoms with Gasteiger partial charge in [-0.05, 0) is 85.5 Å². The maximum absolute atomic E-state index is 10.5. The summed E-state index contributed by atoms with van der Waals surface area (Å²) in [6, 6.07) is 9.06. The number of hydrogen-bond acceptors (Lipinski definition) is 10. The molecule has 0 radical (unpaired) electrons. The molecule has 0 amide bonds. The van der Waals surface area contributed by atoms with Crippen LogP contribution < -0.4 is 9.47 Å². The second-order valence-corrected chi connectivity index (χ2v) is 21.2. The molecule has 0 unspecified atom stereocenters. The predicted octanol–water partition coefficient (Wildman–Crippen LogP) is 11.2. The van der Waals surface area contributed by atoms with Crippen molar-refractivity contribution in [2.45, 2.75) is 158 Å². The first-order chi connectivity index (χ1) is 23.2. The zero-order valence-electron chi connectivity index (χ0n) is 33.4. The maximum atomic E-state index is 10.5. The van der Waals surface area contributed by atoms with Gasteiger partial charge in [0.25, 0.3) is 10.2 Å². The lowest BCUT2D eigenvalue weighted by Crippen LogP contribution is -2.21. The van der Waals surface area contributed by atoms with Crippen LogP contribution in [0.15, 0.2) is 34.1 Å². The highest BCUT2D eigenvalue weighted by Crippen LogP contribution is 2.51. The van der Waals surface area contributed by atoms with Crippen molar-refractivity contribution < 1.29 is 29.3 Å². The molecule has 0 fully saturated rings. The molecule has 10 nitrogen and oxygen atoms in total. The number of unbranched alkanes of at least 4 members (excludes halogenated alkanes) is 2. The summed E-state index contributed by atoms with van der Waals surface area (Å²) < 4.78 is 12.7. The summed E-state index contributed by atoms with van der Waals surface area (Å²) in [4.78, 5) is 32.3. The van der Waals surface area contributed by atoms with E-state index in [9.17, 15) is 20.2 Å². The second kappa shape index (κ2) is 17.8. The van der Waals surface area contributed by atoms with Crippen LogP contribution in [0.5, 0.6) is 11.5 Å². The summed E-state index contributed by atoms with van der Waals surface area (Å²) in [5, 5.41) is 19.5. The molecule has 0 atom stereocenters. The van der Waals surface area contributed by atoms with Crippen molar-refractivity contribution in [1.82, 2.24) is 0 Å². The lowest BCUT2D eigenvalue weighted by Gasteiger charge is -2.33. The van der Waals surface area contributed by atoms with Crippen LogP contribution in [0, 0.1) is 20.2 Å². The predicted molar refractivity (Wildman–Crippen MR) is 209 cm³/mol. The van der Waals surface area contributed by atoms with Gasteiger partial charge in [0.05, 0.1) is 30.5 Å². The van der Waals surface area contributed by atoms with Gasteiger partial charge in [-0.15, -0.1) is 43.8 Å². The van der Waals surface area contributed by atoms with Crippen LogP contribution in [-0.2, 0) is 31.3 Å². The molecule has 0 aliphatic rings. The number of benzene rings is 2. The summed E-state index contributed by atoms with van der Waals surface area (Å²) >= 11 is 3.68. The maximum Gasteiger partial charge on any atom is 0.294 e. The van der Waals surface area contributed by atoms with Crippen molar-refractivity contribution in [3.63, 3.8) is 0 Å².